The second-order valence-electron chi connectivity index (χ2n) is 3.41. The molecule has 4 heteroatoms. The fraction of sp³-hybridized carbons (Fsp3) is 0.333. The molecule has 2 N–H and O–H groups in total. The number of nitrogens with two attached hydrogens (primary N) is 1. The molecule has 1 saturated carbocycles. The topological polar surface area (TPSA) is 26.0 Å². The third-order valence-corrected chi connectivity index (χ3v) is 2.71. The van der Waals surface area contributed by atoms with Crippen LogP contribution in [0.1, 0.15) is 18.4 Å². The van der Waals surface area contributed by atoms with Gasteiger partial charge >= 0.3 is 0 Å². The first-order chi connectivity index (χ1) is 6.03. The number of hydrogen-bond donors (Lipinski definition) is 1. The number of hydrogen-bond acceptors (Lipinski definition) is 1. The highest BCUT2D eigenvalue weighted by molar-refractivity contribution is 6.30. The monoisotopic (exact) mass is 203 g/mol. The Hall–Kier alpha value is -0.670. The molecule has 0 saturated heterocycles. The standard InChI is InChI=1S/C9H8ClF2N/c10-8-6(11)3-5(4-7(8)12)9(13)1-2-9/h3-4H,1-2,13H2. The van der Waals surface area contributed by atoms with E-state index in [1.165, 1.54) is 12.1 Å². The summed E-state index contributed by atoms with van der Waals surface area (Å²) in [5.41, 5.74) is 5.75. The summed E-state index contributed by atoms with van der Waals surface area (Å²) in [5, 5.41) is -0.465. The van der Waals surface area contributed by atoms with Gasteiger partial charge in [0.15, 0.2) is 0 Å². The van der Waals surface area contributed by atoms with E-state index in [9.17, 15) is 8.78 Å². The highest BCUT2D eigenvalue weighted by Crippen LogP contribution is 2.43. The van der Waals surface area contributed by atoms with Crippen molar-refractivity contribution in [1.82, 2.24) is 0 Å². The molecule has 0 amide bonds. The van der Waals surface area contributed by atoms with Crippen molar-refractivity contribution in [2.24, 2.45) is 5.73 Å². The second-order valence-corrected chi connectivity index (χ2v) is 3.79. The molecule has 0 bridgehead atoms. The summed E-state index contributed by atoms with van der Waals surface area (Å²) in [4.78, 5) is 0. The van der Waals surface area contributed by atoms with Crippen LogP contribution in [0.4, 0.5) is 8.78 Å². The van der Waals surface area contributed by atoms with Crippen LogP contribution in [0.25, 0.3) is 0 Å². The lowest BCUT2D eigenvalue weighted by Gasteiger charge is -2.09. The lowest BCUT2D eigenvalue weighted by molar-refractivity contribution is 0.572. The molecule has 1 fully saturated rings. The fourth-order valence-electron chi connectivity index (χ4n) is 1.27. The van der Waals surface area contributed by atoms with Gasteiger partial charge in [0.2, 0.25) is 0 Å². The van der Waals surface area contributed by atoms with E-state index in [1.54, 1.807) is 0 Å². The zero-order valence-electron chi connectivity index (χ0n) is 6.78. The van der Waals surface area contributed by atoms with Gasteiger partial charge in [0.1, 0.15) is 16.7 Å². The van der Waals surface area contributed by atoms with E-state index in [0.29, 0.717) is 5.56 Å². The van der Waals surface area contributed by atoms with Gasteiger partial charge in [-0.2, -0.15) is 0 Å². The highest BCUT2D eigenvalue weighted by Gasteiger charge is 2.40. The van der Waals surface area contributed by atoms with Gasteiger partial charge in [-0.25, -0.2) is 8.78 Å². The Morgan fingerprint density at radius 2 is 1.69 bits per heavy atom. The van der Waals surface area contributed by atoms with Crippen LogP contribution >= 0.6 is 11.6 Å². The Balaban J connectivity index is 2.50. The molecule has 0 heterocycles. The molecular weight excluding hydrogens is 196 g/mol. The van der Waals surface area contributed by atoms with Crippen molar-refractivity contribution in [2.75, 3.05) is 0 Å². The normalized spacial score (nSPS) is 18.8. The van der Waals surface area contributed by atoms with Crippen molar-refractivity contribution in [1.29, 1.82) is 0 Å². The lowest BCUT2D eigenvalue weighted by atomic mass is 10.1. The van der Waals surface area contributed by atoms with Crippen molar-refractivity contribution < 1.29 is 8.78 Å². The van der Waals surface area contributed by atoms with E-state index in [4.69, 9.17) is 17.3 Å². The molecule has 1 aromatic carbocycles. The largest absolute Gasteiger partial charge is 0.321 e. The molecule has 0 atom stereocenters. The second kappa shape index (κ2) is 2.66. The maximum absolute atomic E-state index is 13.0. The van der Waals surface area contributed by atoms with E-state index >= 15 is 0 Å². The number of halogens is 3. The van der Waals surface area contributed by atoms with Gasteiger partial charge < -0.3 is 5.73 Å². The van der Waals surface area contributed by atoms with Gasteiger partial charge in [0, 0.05) is 5.54 Å². The quantitative estimate of drug-likeness (QED) is 0.698. The van der Waals surface area contributed by atoms with Crippen LogP contribution in [0, 0.1) is 11.6 Å². The van der Waals surface area contributed by atoms with Crippen LogP contribution < -0.4 is 5.73 Å². The first kappa shape index (κ1) is 8.91. The Labute approximate surface area is 79.5 Å². The maximum Gasteiger partial charge on any atom is 0.145 e. The number of benzene rings is 1. The maximum atomic E-state index is 13.0. The minimum absolute atomic E-state index is 0.465. The van der Waals surface area contributed by atoms with Gasteiger partial charge in [-0.1, -0.05) is 11.6 Å². The van der Waals surface area contributed by atoms with E-state index in [2.05, 4.69) is 0 Å². The van der Waals surface area contributed by atoms with Gasteiger partial charge in [-0.3, -0.25) is 0 Å². The molecule has 1 aliphatic carbocycles. The summed E-state index contributed by atoms with van der Waals surface area (Å²) >= 11 is 5.33. The Morgan fingerprint density at radius 1 is 1.23 bits per heavy atom. The first-order valence-corrected chi connectivity index (χ1v) is 4.35. The van der Waals surface area contributed by atoms with Gasteiger partial charge in [0.05, 0.1) is 0 Å². The Kier molecular flexibility index (Phi) is 1.82. The molecule has 1 aliphatic rings. The van der Waals surface area contributed by atoms with Crippen molar-refractivity contribution in [3.63, 3.8) is 0 Å². The highest BCUT2D eigenvalue weighted by atomic mass is 35.5. The Bertz CT molecular complexity index is 338. The van der Waals surface area contributed by atoms with E-state index < -0.39 is 22.2 Å². The van der Waals surface area contributed by atoms with Crippen LogP contribution in [-0.2, 0) is 5.54 Å². The smallest absolute Gasteiger partial charge is 0.145 e. The predicted octanol–water partition coefficient (Wildman–Crippen LogP) is 2.57. The summed E-state index contributed by atoms with van der Waals surface area (Å²) in [5.74, 6) is -1.48. The summed E-state index contributed by atoms with van der Waals surface area (Å²) < 4.78 is 25.9. The van der Waals surface area contributed by atoms with Gasteiger partial charge in [-0.15, -0.1) is 0 Å². The van der Waals surface area contributed by atoms with Crippen LogP contribution in [0.2, 0.25) is 5.02 Å². The third kappa shape index (κ3) is 1.42. The molecule has 0 spiro atoms. The minimum atomic E-state index is -0.742. The molecule has 0 radical (unpaired) electrons. The molecule has 1 nitrogen and oxygen atoms in total. The van der Waals surface area contributed by atoms with Crippen LogP contribution in [0.3, 0.4) is 0 Å². The van der Waals surface area contributed by atoms with Crippen molar-refractivity contribution in [2.45, 2.75) is 18.4 Å². The van der Waals surface area contributed by atoms with Gasteiger partial charge in [-0.05, 0) is 30.5 Å². The summed E-state index contributed by atoms with van der Waals surface area (Å²) in [6.45, 7) is 0. The molecule has 0 aliphatic heterocycles. The van der Waals surface area contributed by atoms with Crippen LogP contribution in [-0.4, -0.2) is 0 Å². The summed E-state index contributed by atoms with van der Waals surface area (Å²) in [6.07, 6.45) is 1.54. The fourth-order valence-corrected chi connectivity index (χ4v) is 1.38. The van der Waals surface area contributed by atoms with E-state index in [-0.39, 0.29) is 0 Å². The molecule has 0 unspecified atom stereocenters. The summed E-state index contributed by atoms with van der Waals surface area (Å²) in [6, 6.07) is 2.41. The average Bonchev–Trinajstić information content (AvgIpc) is 2.80. The first-order valence-electron chi connectivity index (χ1n) is 3.97. The molecular formula is C9H8ClF2N. The zero-order valence-corrected chi connectivity index (χ0v) is 7.54. The predicted molar refractivity (Wildman–Crippen MR) is 46.5 cm³/mol. The summed E-state index contributed by atoms with van der Waals surface area (Å²) in [7, 11) is 0. The van der Waals surface area contributed by atoms with Crippen molar-refractivity contribution in [3.8, 4) is 0 Å². The molecule has 70 valence electrons. The van der Waals surface area contributed by atoms with E-state index in [0.717, 1.165) is 12.8 Å². The Morgan fingerprint density at radius 3 is 2.08 bits per heavy atom. The van der Waals surface area contributed by atoms with Crippen LogP contribution in [0.5, 0.6) is 0 Å². The molecule has 2 rings (SSSR count). The van der Waals surface area contributed by atoms with Crippen LogP contribution in [0.15, 0.2) is 12.1 Å². The zero-order chi connectivity index (χ0) is 9.64. The average molecular weight is 204 g/mol. The van der Waals surface area contributed by atoms with Crippen molar-refractivity contribution >= 4 is 11.6 Å². The minimum Gasteiger partial charge on any atom is -0.321 e. The third-order valence-electron chi connectivity index (χ3n) is 2.35. The van der Waals surface area contributed by atoms with E-state index in [1.807, 2.05) is 0 Å². The molecule has 0 aromatic heterocycles. The molecule has 1 aromatic rings. The lowest BCUT2D eigenvalue weighted by Crippen LogP contribution is -2.19. The van der Waals surface area contributed by atoms with Gasteiger partial charge in [0.25, 0.3) is 0 Å². The van der Waals surface area contributed by atoms with Crippen molar-refractivity contribution in [3.05, 3.63) is 34.4 Å². The SMILES string of the molecule is NC1(c2cc(F)c(Cl)c(F)c2)CC1. The molecule has 13 heavy (non-hydrogen) atoms. The number of rotatable bonds is 1.